The van der Waals surface area contributed by atoms with Gasteiger partial charge in [-0.05, 0) is 38.5 Å². The fourth-order valence-corrected chi connectivity index (χ4v) is 2.47. The van der Waals surface area contributed by atoms with Crippen LogP contribution in [0.5, 0.6) is 0 Å². The molecule has 1 rings (SSSR count). The Labute approximate surface area is 132 Å². The molecule has 0 aliphatic heterocycles. The maximum absolute atomic E-state index is 11.0. The Hall–Kier alpha value is -0.850. The van der Waals surface area contributed by atoms with Crippen molar-refractivity contribution in [3.8, 4) is 0 Å². The van der Waals surface area contributed by atoms with Crippen LogP contribution in [0.2, 0.25) is 0 Å². The lowest BCUT2D eigenvalue weighted by Gasteiger charge is -1.99. The van der Waals surface area contributed by atoms with Crippen molar-refractivity contribution in [2.24, 2.45) is 5.92 Å². The number of unbranched alkanes of at least 4 members (excludes halogenated alkanes) is 6. The molecule has 0 heterocycles. The second kappa shape index (κ2) is 15.5. The SMILES string of the molecule is C/C=C\CCCC.CCCCCC/C=C/[C@H]1CCC(=O)C1. The molecule has 0 radical (unpaired) electrons. The molecule has 21 heavy (non-hydrogen) atoms. The zero-order valence-electron chi connectivity index (χ0n) is 14.6. The molecule has 0 aromatic rings. The third-order valence-electron chi connectivity index (χ3n) is 3.88. The summed E-state index contributed by atoms with van der Waals surface area (Å²) >= 11 is 0. The summed E-state index contributed by atoms with van der Waals surface area (Å²) < 4.78 is 0. The third-order valence-corrected chi connectivity index (χ3v) is 3.88. The number of carbonyl (C=O) groups is 1. The number of rotatable bonds is 9. The van der Waals surface area contributed by atoms with E-state index in [1.54, 1.807) is 0 Å². The second-order valence-electron chi connectivity index (χ2n) is 6.03. The molecule has 1 saturated carbocycles. The van der Waals surface area contributed by atoms with Crippen LogP contribution in [0.1, 0.15) is 91.4 Å². The van der Waals surface area contributed by atoms with Gasteiger partial charge >= 0.3 is 0 Å². The minimum atomic E-state index is 0.450. The van der Waals surface area contributed by atoms with Crippen LogP contribution in [0.25, 0.3) is 0 Å². The molecule has 0 N–H and O–H groups in total. The van der Waals surface area contributed by atoms with Gasteiger partial charge in [0.1, 0.15) is 5.78 Å². The fraction of sp³-hybridized carbons (Fsp3) is 0.750. The largest absolute Gasteiger partial charge is 0.300 e. The van der Waals surface area contributed by atoms with Gasteiger partial charge in [-0.1, -0.05) is 70.3 Å². The molecule has 0 saturated heterocycles. The molecule has 1 fully saturated rings. The van der Waals surface area contributed by atoms with E-state index in [9.17, 15) is 4.79 Å². The van der Waals surface area contributed by atoms with Crippen LogP contribution in [-0.2, 0) is 4.79 Å². The van der Waals surface area contributed by atoms with Gasteiger partial charge < -0.3 is 0 Å². The van der Waals surface area contributed by atoms with E-state index >= 15 is 0 Å². The number of allylic oxidation sites excluding steroid dienone is 4. The summed E-state index contributed by atoms with van der Waals surface area (Å²) in [5.74, 6) is 1.01. The molecule has 0 spiro atoms. The molecule has 0 unspecified atom stereocenters. The zero-order valence-corrected chi connectivity index (χ0v) is 14.6. The molecule has 0 amide bonds. The Bertz CT molecular complexity index is 288. The van der Waals surface area contributed by atoms with Crippen molar-refractivity contribution >= 4 is 5.78 Å². The molecular weight excluding hydrogens is 256 g/mol. The van der Waals surface area contributed by atoms with Crippen molar-refractivity contribution in [2.75, 3.05) is 0 Å². The Balaban J connectivity index is 0.000000486. The van der Waals surface area contributed by atoms with Gasteiger partial charge in [0.25, 0.3) is 0 Å². The number of ketones is 1. The van der Waals surface area contributed by atoms with Gasteiger partial charge in [-0.25, -0.2) is 0 Å². The van der Waals surface area contributed by atoms with Gasteiger partial charge in [-0.2, -0.15) is 0 Å². The standard InChI is InChI=1S/C13H22O.C7H14/c1-2-3-4-5-6-7-8-12-9-10-13(14)11-12;1-3-5-7-6-4-2/h7-8,12H,2-6,9-11H2,1H3;3,5H,4,6-7H2,1-2H3/b8-7+;5-3-/t12-;/m0./s1. The van der Waals surface area contributed by atoms with Crippen LogP contribution in [0, 0.1) is 5.92 Å². The highest BCUT2D eigenvalue weighted by atomic mass is 16.1. The molecule has 1 heteroatoms. The second-order valence-corrected chi connectivity index (χ2v) is 6.03. The lowest BCUT2D eigenvalue weighted by atomic mass is 10.1. The van der Waals surface area contributed by atoms with E-state index in [-0.39, 0.29) is 0 Å². The first kappa shape index (κ1) is 20.1. The highest BCUT2D eigenvalue weighted by molar-refractivity contribution is 5.80. The molecular formula is C20H36O. The average molecular weight is 293 g/mol. The quantitative estimate of drug-likeness (QED) is 0.344. The zero-order chi connectivity index (χ0) is 15.8. The lowest BCUT2D eigenvalue weighted by Crippen LogP contribution is -1.89. The van der Waals surface area contributed by atoms with E-state index in [1.807, 2.05) is 0 Å². The first-order chi connectivity index (χ1) is 10.2. The summed E-state index contributed by atoms with van der Waals surface area (Å²) in [4.78, 5) is 11.0. The topological polar surface area (TPSA) is 17.1 Å². The predicted octanol–water partition coefficient (Wildman–Crippen LogP) is 6.63. The minimum Gasteiger partial charge on any atom is -0.300 e. The first-order valence-corrected chi connectivity index (χ1v) is 9.04. The molecule has 1 nitrogen and oxygen atoms in total. The van der Waals surface area contributed by atoms with Crippen molar-refractivity contribution in [2.45, 2.75) is 91.4 Å². The van der Waals surface area contributed by atoms with E-state index in [1.165, 1.54) is 51.4 Å². The van der Waals surface area contributed by atoms with Crippen molar-refractivity contribution in [1.29, 1.82) is 0 Å². The monoisotopic (exact) mass is 292 g/mol. The van der Waals surface area contributed by atoms with E-state index in [4.69, 9.17) is 0 Å². The Kier molecular flexibility index (Phi) is 14.9. The van der Waals surface area contributed by atoms with Gasteiger partial charge in [0, 0.05) is 12.8 Å². The molecule has 0 aromatic carbocycles. The molecule has 1 aliphatic carbocycles. The van der Waals surface area contributed by atoms with Gasteiger partial charge in [0.2, 0.25) is 0 Å². The van der Waals surface area contributed by atoms with Crippen LogP contribution in [0.15, 0.2) is 24.3 Å². The highest BCUT2D eigenvalue weighted by Crippen LogP contribution is 2.23. The van der Waals surface area contributed by atoms with Crippen LogP contribution in [-0.4, -0.2) is 5.78 Å². The van der Waals surface area contributed by atoms with Crippen LogP contribution in [0.4, 0.5) is 0 Å². The van der Waals surface area contributed by atoms with Gasteiger partial charge in [0.05, 0.1) is 0 Å². The summed E-state index contributed by atoms with van der Waals surface area (Å²) in [7, 11) is 0. The number of hydrogen-bond donors (Lipinski definition) is 0. The summed E-state index contributed by atoms with van der Waals surface area (Å²) in [5.41, 5.74) is 0. The summed E-state index contributed by atoms with van der Waals surface area (Å²) in [6.45, 7) is 6.51. The smallest absolute Gasteiger partial charge is 0.133 e. The van der Waals surface area contributed by atoms with Crippen molar-refractivity contribution < 1.29 is 4.79 Å². The molecule has 1 atom stereocenters. The van der Waals surface area contributed by atoms with Crippen LogP contribution in [0.3, 0.4) is 0 Å². The van der Waals surface area contributed by atoms with E-state index < -0.39 is 0 Å². The Morgan fingerprint density at radius 1 is 1.00 bits per heavy atom. The highest BCUT2D eigenvalue weighted by Gasteiger charge is 2.18. The third kappa shape index (κ3) is 13.9. The Morgan fingerprint density at radius 3 is 2.29 bits per heavy atom. The van der Waals surface area contributed by atoms with E-state index in [0.29, 0.717) is 11.7 Å². The molecule has 0 bridgehead atoms. The number of Topliss-reactive ketones (excluding diaryl/α,β-unsaturated/α-hetero) is 1. The Morgan fingerprint density at radius 2 is 1.71 bits per heavy atom. The maximum Gasteiger partial charge on any atom is 0.133 e. The normalized spacial score (nSPS) is 18.4. The minimum absolute atomic E-state index is 0.450. The molecule has 122 valence electrons. The average Bonchev–Trinajstić information content (AvgIpc) is 2.90. The van der Waals surface area contributed by atoms with Gasteiger partial charge in [0.15, 0.2) is 0 Å². The molecule has 1 aliphatic rings. The number of carbonyl (C=O) groups excluding carboxylic acids is 1. The maximum atomic E-state index is 11.0. The van der Waals surface area contributed by atoms with Crippen molar-refractivity contribution in [3.05, 3.63) is 24.3 Å². The summed E-state index contributed by atoms with van der Waals surface area (Å²) in [5, 5.41) is 0. The first-order valence-electron chi connectivity index (χ1n) is 9.04. The summed E-state index contributed by atoms with van der Waals surface area (Å²) in [6, 6.07) is 0. The van der Waals surface area contributed by atoms with Crippen molar-refractivity contribution in [1.82, 2.24) is 0 Å². The lowest BCUT2D eigenvalue weighted by molar-refractivity contribution is -0.117. The van der Waals surface area contributed by atoms with E-state index in [2.05, 4.69) is 45.1 Å². The van der Waals surface area contributed by atoms with Gasteiger partial charge in [-0.15, -0.1) is 0 Å². The van der Waals surface area contributed by atoms with Gasteiger partial charge in [-0.3, -0.25) is 4.79 Å². The van der Waals surface area contributed by atoms with E-state index in [0.717, 1.165) is 19.3 Å². The fourth-order valence-electron chi connectivity index (χ4n) is 2.47. The van der Waals surface area contributed by atoms with Crippen LogP contribution < -0.4 is 0 Å². The molecule has 0 aromatic heterocycles. The predicted molar refractivity (Wildman–Crippen MR) is 94.6 cm³/mol. The van der Waals surface area contributed by atoms with Crippen molar-refractivity contribution in [3.63, 3.8) is 0 Å². The van der Waals surface area contributed by atoms with Crippen LogP contribution >= 0.6 is 0 Å². The summed E-state index contributed by atoms with van der Waals surface area (Å²) in [6.07, 6.45) is 22.0. The number of hydrogen-bond acceptors (Lipinski definition) is 1.